The van der Waals surface area contributed by atoms with E-state index in [0.717, 1.165) is 29.9 Å². The van der Waals surface area contributed by atoms with Crippen LogP contribution in [0.3, 0.4) is 0 Å². The zero-order chi connectivity index (χ0) is 13.5. The standard InChI is InChI=1S/C14H21NO2S/c1-11(10-18-4)15(2)8-13-7-12(9-16)5-6-14(13)17-3/h5-7,9,11H,8,10H2,1-4H3. The largest absolute Gasteiger partial charge is 0.496 e. The number of methoxy groups -OCH3 is 1. The summed E-state index contributed by atoms with van der Waals surface area (Å²) in [7, 11) is 3.75. The first-order valence-corrected chi connectivity index (χ1v) is 7.33. The van der Waals surface area contributed by atoms with Crippen LogP contribution in [0.1, 0.15) is 22.8 Å². The summed E-state index contributed by atoms with van der Waals surface area (Å²) >= 11 is 1.84. The van der Waals surface area contributed by atoms with Crippen LogP contribution in [-0.2, 0) is 6.54 Å². The normalized spacial score (nSPS) is 12.5. The number of carbonyl (C=O) groups excluding carboxylic acids is 1. The summed E-state index contributed by atoms with van der Waals surface area (Å²) in [4.78, 5) is 13.1. The van der Waals surface area contributed by atoms with Crippen LogP contribution in [0.4, 0.5) is 0 Å². The van der Waals surface area contributed by atoms with Crippen LogP contribution in [0.5, 0.6) is 5.75 Å². The number of hydrogen-bond donors (Lipinski definition) is 0. The van der Waals surface area contributed by atoms with Crippen molar-refractivity contribution in [1.82, 2.24) is 4.90 Å². The molecule has 1 aromatic rings. The van der Waals surface area contributed by atoms with Crippen molar-refractivity contribution in [2.24, 2.45) is 0 Å². The van der Waals surface area contributed by atoms with Crippen molar-refractivity contribution in [2.45, 2.75) is 19.5 Å². The van der Waals surface area contributed by atoms with E-state index in [1.165, 1.54) is 0 Å². The lowest BCUT2D eigenvalue weighted by molar-refractivity contribution is 0.112. The number of rotatable bonds is 7. The highest BCUT2D eigenvalue weighted by molar-refractivity contribution is 7.98. The third-order valence-corrected chi connectivity index (χ3v) is 3.84. The summed E-state index contributed by atoms with van der Waals surface area (Å²) in [6, 6.07) is 6.02. The highest BCUT2D eigenvalue weighted by Crippen LogP contribution is 2.21. The molecule has 1 rings (SSSR count). The third kappa shape index (κ3) is 4.03. The van der Waals surface area contributed by atoms with Crippen LogP contribution in [-0.4, -0.2) is 43.4 Å². The van der Waals surface area contributed by atoms with Crippen molar-refractivity contribution in [3.05, 3.63) is 29.3 Å². The number of nitrogens with zero attached hydrogens (tertiary/aromatic N) is 1. The Balaban J connectivity index is 2.84. The Morgan fingerprint density at radius 1 is 1.50 bits per heavy atom. The van der Waals surface area contributed by atoms with E-state index < -0.39 is 0 Å². The fourth-order valence-corrected chi connectivity index (χ4v) is 2.53. The molecule has 0 saturated carbocycles. The van der Waals surface area contributed by atoms with Crippen molar-refractivity contribution in [3.63, 3.8) is 0 Å². The first kappa shape index (κ1) is 15.1. The molecule has 0 aliphatic rings. The highest BCUT2D eigenvalue weighted by atomic mass is 32.2. The molecular weight excluding hydrogens is 246 g/mol. The average Bonchev–Trinajstić information content (AvgIpc) is 2.38. The second-order valence-corrected chi connectivity index (χ2v) is 5.32. The molecule has 0 aliphatic heterocycles. The van der Waals surface area contributed by atoms with Gasteiger partial charge in [-0.1, -0.05) is 0 Å². The minimum absolute atomic E-state index is 0.490. The lowest BCUT2D eigenvalue weighted by Gasteiger charge is -2.25. The summed E-state index contributed by atoms with van der Waals surface area (Å²) in [5.74, 6) is 1.93. The molecule has 0 spiro atoms. The zero-order valence-corrected chi connectivity index (χ0v) is 12.3. The number of hydrogen-bond acceptors (Lipinski definition) is 4. The molecule has 0 heterocycles. The first-order valence-electron chi connectivity index (χ1n) is 5.93. The minimum atomic E-state index is 0.490. The first-order chi connectivity index (χ1) is 8.62. The van der Waals surface area contributed by atoms with Gasteiger partial charge in [-0.3, -0.25) is 9.69 Å². The van der Waals surface area contributed by atoms with Crippen molar-refractivity contribution < 1.29 is 9.53 Å². The Labute approximate surface area is 114 Å². The van der Waals surface area contributed by atoms with Crippen LogP contribution in [0.25, 0.3) is 0 Å². The van der Waals surface area contributed by atoms with Gasteiger partial charge in [-0.15, -0.1) is 0 Å². The van der Waals surface area contributed by atoms with Crippen molar-refractivity contribution in [2.75, 3.05) is 26.2 Å². The zero-order valence-electron chi connectivity index (χ0n) is 11.5. The molecule has 0 aromatic heterocycles. The van der Waals surface area contributed by atoms with E-state index in [1.807, 2.05) is 23.9 Å². The van der Waals surface area contributed by atoms with E-state index in [1.54, 1.807) is 13.2 Å². The third-order valence-electron chi connectivity index (χ3n) is 3.02. The smallest absolute Gasteiger partial charge is 0.150 e. The Morgan fingerprint density at radius 3 is 2.78 bits per heavy atom. The van der Waals surface area contributed by atoms with E-state index in [-0.39, 0.29) is 0 Å². The van der Waals surface area contributed by atoms with Gasteiger partial charge in [0, 0.05) is 29.5 Å². The van der Waals surface area contributed by atoms with Crippen LogP contribution in [0.15, 0.2) is 18.2 Å². The molecular formula is C14H21NO2S. The van der Waals surface area contributed by atoms with E-state index in [4.69, 9.17) is 4.74 Å². The number of benzene rings is 1. The number of aldehydes is 1. The number of carbonyl (C=O) groups is 1. The lowest BCUT2D eigenvalue weighted by Crippen LogP contribution is -2.30. The molecule has 0 aliphatic carbocycles. The van der Waals surface area contributed by atoms with Gasteiger partial charge >= 0.3 is 0 Å². The summed E-state index contributed by atoms with van der Waals surface area (Å²) in [6.07, 6.45) is 2.98. The van der Waals surface area contributed by atoms with Crippen LogP contribution < -0.4 is 4.74 Å². The van der Waals surface area contributed by atoms with Crippen molar-refractivity contribution in [1.29, 1.82) is 0 Å². The topological polar surface area (TPSA) is 29.5 Å². The Kier molecular flexibility index (Phi) is 6.22. The van der Waals surface area contributed by atoms with Crippen molar-refractivity contribution >= 4 is 18.0 Å². The maximum absolute atomic E-state index is 10.8. The van der Waals surface area contributed by atoms with Gasteiger partial charge in [-0.2, -0.15) is 11.8 Å². The average molecular weight is 267 g/mol. The molecule has 4 heteroatoms. The van der Waals surface area contributed by atoms with Gasteiger partial charge in [-0.05, 0) is 38.4 Å². The number of thioether (sulfide) groups is 1. The molecule has 1 aromatic carbocycles. The second kappa shape index (κ2) is 7.44. The molecule has 0 fully saturated rings. The lowest BCUT2D eigenvalue weighted by atomic mass is 10.1. The van der Waals surface area contributed by atoms with Gasteiger partial charge in [0.15, 0.2) is 0 Å². The maximum atomic E-state index is 10.8. The van der Waals surface area contributed by atoms with Crippen LogP contribution in [0, 0.1) is 0 Å². The SMILES string of the molecule is COc1ccc(C=O)cc1CN(C)C(C)CSC. The quantitative estimate of drug-likeness (QED) is 0.710. The molecule has 0 amide bonds. The summed E-state index contributed by atoms with van der Waals surface area (Å²) in [6.45, 7) is 2.99. The van der Waals surface area contributed by atoms with E-state index in [2.05, 4.69) is 25.1 Å². The van der Waals surface area contributed by atoms with Gasteiger partial charge < -0.3 is 4.74 Å². The van der Waals surface area contributed by atoms with Gasteiger partial charge in [0.1, 0.15) is 12.0 Å². The Morgan fingerprint density at radius 2 is 2.22 bits per heavy atom. The minimum Gasteiger partial charge on any atom is -0.496 e. The Hall–Kier alpha value is -1.00. The summed E-state index contributed by atoms with van der Waals surface area (Å²) in [5.41, 5.74) is 1.74. The second-order valence-electron chi connectivity index (χ2n) is 4.41. The summed E-state index contributed by atoms with van der Waals surface area (Å²) < 4.78 is 5.34. The van der Waals surface area contributed by atoms with E-state index in [0.29, 0.717) is 11.6 Å². The predicted molar refractivity (Wildman–Crippen MR) is 77.7 cm³/mol. The highest BCUT2D eigenvalue weighted by Gasteiger charge is 2.12. The molecule has 3 nitrogen and oxygen atoms in total. The molecule has 0 saturated heterocycles. The van der Waals surface area contributed by atoms with Gasteiger partial charge in [0.25, 0.3) is 0 Å². The summed E-state index contributed by atoms with van der Waals surface area (Å²) in [5, 5.41) is 0. The molecule has 0 radical (unpaired) electrons. The van der Waals surface area contributed by atoms with Crippen LogP contribution >= 0.6 is 11.8 Å². The van der Waals surface area contributed by atoms with Gasteiger partial charge in [0.2, 0.25) is 0 Å². The van der Waals surface area contributed by atoms with Gasteiger partial charge in [-0.25, -0.2) is 0 Å². The number of ether oxygens (including phenoxy) is 1. The molecule has 1 unspecified atom stereocenters. The van der Waals surface area contributed by atoms with E-state index in [9.17, 15) is 4.79 Å². The van der Waals surface area contributed by atoms with Crippen molar-refractivity contribution in [3.8, 4) is 5.75 Å². The van der Waals surface area contributed by atoms with Gasteiger partial charge in [0.05, 0.1) is 7.11 Å². The predicted octanol–water partition coefficient (Wildman–Crippen LogP) is 2.69. The molecule has 18 heavy (non-hydrogen) atoms. The fraction of sp³-hybridized carbons (Fsp3) is 0.500. The fourth-order valence-electron chi connectivity index (χ4n) is 1.79. The molecule has 100 valence electrons. The molecule has 0 N–H and O–H groups in total. The van der Waals surface area contributed by atoms with E-state index >= 15 is 0 Å². The monoisotopic (exact) mass is 267 g/mol. The Bertz CT molecular complexity index is 395. The maximum Gasteiger partial charge on any atom is 0.150 e. The molecule has 0 bridgehead atoms. The molecule has 1 atom stereocenters. The van der Waals surface area contributed by atoms with Crippen LogP contribution in [0.2, 0.25) is 0 Å².